The van der Waals surface area contributed by atoms with E-state index in [1.807, 2.05) is 30.5 Å². The number of nitrogens with zero attached hydrogens (tertiary/aromatic N) is 5. The van der Waals surface area contributed by atoms with Gasteiger partial charge in [-0.05, 0) is 54.5 Å². The van der Waals surface area contributed by atoms with Crippen molar-refractivity contribution >= 4 is 34.5 Å². The van der Waals surface area contributed by atoms with Crippen molar-refractivity contribution in [3.05, 3.63) is 54.0 Å². The van der Waals surface area contributed by atoms with E-state index in [4.69, 9.17) is 15.5 Å². The Morgan fingerprint density at radius 3 is 2.81 bits per heavy atom. The smallest absolute Gasteiger partial charge is 0.154 e. The van der Waals surface area contributed by atoms with Gasteiger partial charge in [-0.1, -0.05) is 13.8 Å². The molecule has 4 rings (SSSR count). The van der Waals surface area contributed by atoms with Crippen LogP contribution in [-0.2, 0) is 4.74 Å². The average molecular weight is 432 g/mol. The zero-order valence-corrected chi connectivity index (χ0v) is 18.5. The molecule has 32 heavy (non-hydrogen) atoms. The summed E-state index contributed by atoms with van der Waals surface area (Å²) in [6.07, 6.45) is 9.08. The van der Waals surface area contributed by atoms with Crippen LogP contribution >= 0.6 is 0 Å². The summed E-state index contributed by atoms with van der Waals surface area (Å²) >= 11 is 0. The van der Waals surface area contributed by atoms with Crippen molar-refractivity contribution in [3.63, 3.8) is 0 Å². The van der Waals surface area contributed by atoms with E-state index in [1.54, 1.807) is 18.6 Å². The highest BCUT2D eigenvalue weighted by atomic mass is 16.5. The van der Waals surface area contributed by atoms with Crippen molar-refractivity contribution in [2.24, 2.45) is 16.6 Å². The summed E-state index contributed by atoms with van der Waals surface area (Å²) in [5.74, 6) is 2.28. The van der Waals surface area contributed by atoms with Gasteiger partial charge in [-0.25, -0.2) is 4.98 Å². The number of pyridine rings is 2. The predicted molar refractivity (Wildman–Crippen MR) is 128 cm³/mol. The lowest BCUT2D eigenvalue weighted by Gasteiger charge is -2.19. The Hall–Kier alpha value is -3.39. The molecular weight excluding hydrogens is 402 g/mol. The zero-order chi connectivity index (χ0) is 22.3. The third-order valence-electron chi connectivity index (χ3n) is 5.58. The van der Waals surface area contributed by atoms with Crippen LogP contribution in [0.3, 0.4) is 0 Å². The summed E-state index contributed by atoms with van der Waals surface area (Å²) in [4.78, 5) is 13.9. The standard InChI is InChI=1S/C24H29N7O/c1-16(2)18-10-24(31-28-15-18)30-23-4-3-21-22(29-23)9-19(14-27-21)20(11-25)13-26-12-17-5-7-32-8-6-17/h3-4,9-11,13-17H,5-8,12,25H2,1-2H3,(H,29,30,31). The molecular formula is C24H29N7O. The van der Waals surface area contributed by atoms with Crippen LogP contribution in [0.1, 0.15) is 43.7 Å². The van der Waals surface area contributed by atoms with E-state index in [2.05, 4.69) is 39.3 Å². The van der Waals surface area contributed by atoms with Gasteiger partial charge in [-0.3, -0.25) is 9.98 Å². The fraction of sp³-hybridized carbons (Fsp3) is 0.375. The Kier molecular flexibility index (Phi) is 7.01. The fourth-order valence-corrected chi connectivity index (χ4v) is 3.57. The molecule has 1 aliphatic heterocycles. The lowest BCUT2D eigenvalue weighted by Crippen LogP contribution is -2.17. The molecule has 1 fully saturated rings. The molecule has 0 bridgehead atoms. The molecule has 0 radical (unpaired) electrons. The van der Waals surface area contributed by atoms with Gasteiger partial charge in [0.25, 0.3) is 0 Å². The first-order valence-corrected chi connectivity index (χ1v) is 11.0. The van der Waals surface area contributed by atoms with Crippen LogP contribution in [0.2, 0.25) is 0 Å². The lowest BCUT2D eigenvalue weighted by molar-refractivity contribution is 0.0690. The second-order valence-electron chi connectivity index (χ2n) is 8.28. The van der Waals surface area contributed by atoms with E-state index in [0.29, 0.717) is 23.5 Å². The number of hydrogen-bond acceptors (Lipinski definition) is 8. The number of aliphatic imine (C=N–C) groups is 1. The Labute approximate surface area is 188 Å². The van der Waals surface area contributed by atoms with Gasteiger partial charge in [0.2, 0.25) is 0 Å². The number of rotatable bonds is 7. The summed E-state index contributed by atoms with van der Waals surface area (Å²) in [7, 11) is 0. The molecule has 0 saturated carbocycles. The molecule has 3 aromatic heterocycles. The fourth-order valence-electron chi connectivity index (χ4n) is 3.57. The topological polar surface area (TPSA) is 111 Å². The number of nitrogens with two attached hydrogens (primary N) is 1. The molecule has 0 atom stereocenters. The summed E-state index contributed by atoms with van der Waals surface area (Å²) in [6, 6.07) is 7.78. The molecule has 166 valence electrons. The van der Waals surface area contributed by atoms with Crippen molar-refractivity contribution in [2.75, 3.05) is 25.1 Å². The van der Waals surface area contributed by atoms with Gasteiger partial charge >= 0.3 is 0 Å². The van der Waals surface area contributed by atoms with Gasteiger partial charge in [-0.15, -0.1) is 5.10 Å². The van der Waals surface area contributed by atoms with E-state index in [-0.39, 0.29) is 0 Å². The van der Waals surface area contributed by atoms with E-state index in [1.165, 1.54) is 0 Å². The molecule has 0 spiro atoms. The minimum atomic E-state index is 0.372. The number of anilines is 2. The van der Waals surface area contributed by atoms with Crippen LogP contribution in [0, 0.1) is 5.92 Å². The minimum absolute atomic E-state index is 0.372. The van der Waals surface area contributed by atoms with Gasteiger partial charge in [0, 0.05) is 49.5 Å². The van der Waals surface area contributed by atoms with Crippen LogP contribution in [0.15, 0.2) is 47.9 Å². The number of fused-ring (bicyclic) bond motifs is 1. The highest BCUT2D eigenvalue weighted by Gasteiger charge is 2.13. The second kappa shape index (κ2) is 10.3. The van der Waals surface area contributed by atoms with E-state index >= 15 is 0 Å². The number of nitrogens with one attached hydrogen (secondary N) is 1. The summed E-state index contributed by atoms with van der Waals surface area (Å²) in [5.41, 5.74) is 10.3. The molecule has 8 heteroatoms. The maximum Gasteiger partial charge on any atom is 0.154 e. The summed E-state index contributed by atoms with van der Waals surface area (Å²) in [6.45, 7) is 6.67. The first-order valence-electron chi connectivity index (χ1n) is 11.0. The van der Waals surface area contributed by atoms with Crippen molar-refractivity contribution in [2.45, 2.75) is 32.6 Å². The number of aromatic nitrogens is 4. The largest absolute Gasteiger partial charge is 0.404 e. The van der Waals surface area contributed by atoms with Crippen molar-refractivity contribution < 1.29 is 4.74 Å². The molecule has 3 N–H and O–H groups in total. The third-order valence-corrected chi connectivity index (χ3v) is 5.58. The minimum Gasteiger partial charge on any atom is -0.404 e. The van der Waals surface area contributed by atoms with Gasteiger partial charge in [0.15, 0.2) is 5.82 Å². The first-order chi connectivity index (χ1) is 15.6. The first kappa shape index (κ1) is 21.8. The molecule has 0 amide bonds. The molecule has 8 nitrogen and oxygen atoms in total. The maximum atomic E-state index is 5.89. The Balaban J connectivity index is 1.51. The van der Waals surface area contributed by atoms with Crippen LogP contribution in [0.5, 0.6) is 0 Å². The molecule has 0 aromatic carbocycles. The zero-order valence-electron chi connectivity index (χ0n) is 18.5. The van der Waals surface area contributed by atoms with Crippen molar-refractivity contribution in [3.8, 4) is 0 Å². The van der Waals surface area contributed by atoms with Crippen LogP contribution in [0.25, 0.3) is 16.6 Å². The van der Waals surface area contributed by atoms with E-state index in [0.717, 1.165) is 60.3 Å². The van der Waals surface area contributed by atoms with E-state index in [9.17, 15) is 0 Å². The highest BCUT2D eigenvalue weighted by molar-refractivity contribution is 6.10. The molecule has 3 aromatic rings. The quantitative estimate of drug-likeness (QED) is 0.542. The Morgan fingerprint density at radius 1 is 1.19 bits per heavy atom. The van der Waals surface area contributed by atoms with E-state index < -0.39 is 0 Å². The third kappa shape index (κ3) is 5.45. The maximum absolute atomic E-state index is 5.89. The van der Waals surface area contributed by atoms with Gasteiger partial charge < -0.3 is 15.8 Å². The van der Waals surface area contributed by atoms with Gasteiger partial charge in [-0.2, -0.15) is 5.10 Å². The summed E-state index contributed by atoms with van der Waals surface area (Å²) in [5, 5.41) is 11.5. The highest BCUT2D eigenvalue weighted by Crippen LogP contribution is 2.22. The normalized spacial score (nSPS) is 15.7. The van der Waals surface area contributed by atoms with Crippen molar-refractivity contribution in [1.82, 2.24) is 20.2 Å². The predicted octanol–water partition coefficient (Wildman–Crippen LogP) is 4.08. The molecule has 0 aliphatic carbocycles. The van der Waals surface area contributed by atoms with Crippen molar-refractivity contribution in [1.29, 1.82) is 0 Å². The summed E-state index contributed by atoms with van der Waals surface area (Å²) < 4.78 is 5.41. The molecule has 0 unspecified atom stereocenters. The average Bonchev–Trinajstić information content (AvgIpc) is 2.82. The van der Waals surface area contributed by atoms with Gasteiger partial charge in [0.1, 0.15) is 5.82 Å². The van der Waals surface area contributed by atoms with Crippen LogP contribution in [0.4, 0.5) is 11.6 Å². The number of allylic oxidation sites excluding steroid dienone is 1. The molecule has 4 heterocycles. The molecule has 1 aliphatic rings. The van der Waals surface area contributed by atoms with Crippen LogP contribution in [-0.4, -0.2) is 46.1 Å². The molecule has 1 saturated heterocycles. The lowest BCUT2D eigenvalue weighted by atomic mass is 10.0. The number of hydrogen-bond donors (Lipinski definition) is 2. The Bertz CT molecular complexity index is 1120. The number of ether oxygens (including phenoxy) is 1. The Morgan fingerprint density at radius 2 is 2.03 bits per heavy atom. The SMILES string of the molecule is CC(C)c1cnnc(Nc2ccc3ncc(C(C=NCC4CCOCC4)=CN)cc3n2)c1. The van der Waals surface area contributed by atoms with Gasteiger partial charge in [0.05, 0.1) is 17.2 Å². The van der Waals surface area contributed by atoms with Crippen LogP contribution < -0.4 is 11.1 Å². The second-order valence-corrected chi connectivity index (χ2v) is 8.28. The monoisotopic (exact) mass is 431 g/mol.